The van der Waals surface area contributed by atoms with Crippen LogP contribution in [0, 0.1) is 11.7 Å². The van der Waals surface area contributed by atoms with E-state index in [2.05, 4.69) is 35.1 Å². The molecule has 0 aliphatic rings. The zero-order valence-corrected chi connectivity index (χ0v) is 14.1. The van der Waals surface area contributed by atoms with Crippen LogP contribution in [0.2, 0.25) is 5.02 Å². The maximum Gasteiger partial charge on any atom is 0.129 e. The zero-order chi connectivity index (χ0) is 14.4. The van der Waals surface area contributed by atoms with Gasteiger partial charge in [-0.2, -0.15) is 0 Å². The van der Waals surface area contributed by atoms with E-state index in [1.165, 1.54) is 6.07 Å². The van der Waals surface area contributed by atoms with Gasteiger partial charge in [-0.25, -0.2) is 4.39 Å². The Morgan fingerprint density at radius 3 is 2.32 bits per heavy atom. The van der Waals surface area contributed by atoms with Crippen molar-refractivity contribution in [1.29, 1.82) is 0 Å². The number of nitrogens with one attached hydrogen (secondary N) is 1. The van der Waals surface area contributed by atoms with Crippen molar-refractivity contribution >= 4 is 27.5 Å². The topological polar surface area (TPSA) is 12.0 Å². The smallest absolute Gasteiger partial charge is 0.129 e. The Labute approximate surface area is 129 Å². The van der Waals surface area contributed by atoms with Crippen molar-refractivity contribution in [3.05, 3.63) is 33.0 Å². The predicted octanol–water partition coefficient (Wildman–Crippen LogP) is 5.72. The second-order valence-electron chi connectivity index (χ2n) is 4.89. The third-order valence-electron chi connectivity index (χ3n) is 3.48. The molecule has 0 aromatic heterocycles. The van der Waals surface area contributed by atoms with Gasteiger partial charge in [-0.15, -0.1) is 0 Å². The molecule has 1 atom stereocenters. The normalized spacial score (nSPS) is 13.0. The molecule has 0 fully saturated rings. The minimum Gasteiger partial charge on any atom is -0.313 e. The second-order valence-corrected chi connectivity index (χ2v) is 6.15. The Balaban J connectivity index is 3.10. The minimum atomic E-state index is -0.201. The summed E-state index contributed by atoms with van der Waals surface area (Å²) in [5.41, 5.74) is 0.669. The maximum absolute atomic E-state index is 14.2. The maximum atomic E-state index is 14.2. The fourth-order valence-corrected chi connectivity index (χ4v) is 3.13. The molecule has 0 radical (unpaired) electrons. The monoisotopic (exact) mass is 349 g/mol. The molecule has 1 unspecified atom stereocenters. The Morgan fingerprint density at radius 2 is 1.84 bits per heavy atom. The van der Waals surface area contributed by atoms with Crippen LogP contribution in [0.3, 0.4) is 0 Å². The van der Waals surface area contributed by atoms with Crippen LogP contribution in [0.1, 0.15) is 51.1 Å². The van der Waals surface area contributed by atoms with Gasteiger partial charge in [-0.05, 0) is 53.9 Å². The molecule has 1 aromatic rings. The van der Waals surface area contributed by atoms with Crippen LogP contribution in [-0.2, 0) is 0 Å². The summed E-state index contributed by atoms with van der Waals surface area (Å²) in [4.78, 5) is 0. The van der Waals surface area contributed by atoms with E-state index in [0.717, 1.165) is 25.7 Å². The Hall–Kier alpha value is -0.120. The molecule has 0 heterocycles. The summed E-state index contributed by atoms with van der Waals surface area (Å²) in [5, 5.41) is 3.82. The third-order valence-corrected chi connectivity index (χ3v) is 4.67. The first-order valence-electron chi connectivity index (χ1n) is 6.86. The summed E-state index contributed by atoms with van der Waals surface area (Å²) in [6, 6.07) is 3.21. The molecule has 0 bridgehead atoms. The molecule has 108 valence electrons. The van der Waals surface area contributed by atoms with E-state index >= 15 is 0 Å². The highest BCUT2D eigenvalue weighted by atomic mass is 79.9. The van der Waals surface area contributed by atoms with E-state index in [1.807, 2.05) is 7.05 Å². The van der Waals surface area contributed by atoms with Gasteiger partial charge in [0.15, 0.2) is 0 Å². The van der Waals surface area contributed by atoms with Gasteiger partial charge in [0.1, 0.15) is 5.82 Å². The summed E-state index contributed by atoms with van der Waals surface area (Å²) in [6.45, 7) is 4.33. The van der Waals surface area contributed by atoms with Gasteiger partial charge >= 0.3 is 0 Å². The molecular formula is C15H22BrClFN. The quantitative estimate of drug-likeness (QED) is 0.620. The van der Waals surface area contributed by atoms with E-state index in [-0.39, 0.29) is 11.9 Å². The highest BCUT2D eigenvalue weighted by Crippen LogP contribution is 2.34. The Morgan fingerprint density at radius 1 is 1.26 bits per heavy atom. The lowest BCUT2D eigenvalue weighted by Crippen LogP contribution is -2.26. The van der Waals surface area contributed by atoms with Crippen molar-refractivity contribution < 1.29 is 4.39 Å². The highest BCUT2D eigenvalue weighted by Gasteiger charge is 2.24. The standard InChI is InChI=1S/C15H22BrClFN/c1-4-6-10(7-5-2)15(19-3)11-8-13(17)12(16)9-14(11)18/h8-10,15,19H,4-7H2,1-3H3. The highest BCUT2D eigenvalue weighted by molar-refractivity contribution is 9.10. The summed E-state index contributed by atoms with van der Waals surface area (Å²) in [7, 11) is 1.89. The number of hydrogen-bond acceptors (Lipinski definition) is 1. The molecule has 1 aromatic carbocycles. The van der Waals surface area contributed by atoms with Gasteiger partial charge in [0.2, 0.25) is 0 Å². The van der Waals surface area contributed by atoms with Crippen molar-refractivity contribution in [2.24, 2.45) is 5.92 Å². The van der Waals surface area contributed by atoms with Gasteiger partial charge in [0, 0.05) is 16.1 Å². The molecule has 1 nitrogen and oxygen atoms in total. The molecule has 4 heteroatoms. The Kier molecular flexibility index (Phi) is 7.33. The average Bonchev–Trinajstić information content (AvgIpc) is 2.37. The van der Waals surface area contributed by atoms with Crippen LogP contribution in [0.5, 0.6) is 0 Å². The zero-order valence-electron chi connectivity index (χ0n) is 11.8. The van der Waals surface area contributed by atoms with Crippen LogP contribution >= 0.6 is 27.5 Å². The largest absolute Gasteiger partial charge is 0.313 e. The summed E-state index contributed by atoms with van der Waals surface area (Å²) in [5.74, 6) is 0.236. The number of rotatable bonds is 7. The van der Waals surface area contributed by atoms with E-state index in [0.29, 0.717) is 21.0 Å². The summed E-state index contributed by atoms with van der Waals surface area (Å²) in [6.07, 6.45) is 4.39. The van der Waals surface area contributed by atoms with Gasteiger partial charge in [-0.1, -0.05) is 38.3 Å². The lowest BCUT2D eigenvalue weighted by Gasteiger charge is -2.27. The van der Waals surface area contributed by atoms with Crippen LogP contribution in [0.25, 0.3) is 0 Å². The van der Waals surface area contributed by atoms with Gasteiger partial charge in [-0.3, -0.25) is 0 Å². The van der Waals surface area contributed by atoms with E-state index in [4.69, 9.17) is 11.6 Å². The number of benzene rings is 1. The first-order valence-corrected chi connectivity index (χ1v) is 8.03. The van der Waals surface area contributed by atoms with Crippen LogP contribution in [0.15, 0.2) is 16.6 Å². The fraction of sp³-hybridized carbons (Fsp3) is 0.600. The minimum absolute atomic E-state index is 0.0190. The lowest BCUT2D eigenvalue weighted by atomic mass is 9.86. The first-order chi connectivity index (χ1) is 9.04. The second kappa shape index (κ2) is 8.23. The molecule has 0 saturated heterocycles. The van der Waals surface area contributed by atoms with Gasteiger partial charge < -0.3 is 5.32 Å². The molecule has 0 aliphatic carbocycles. The average molecular weight is 351 g/mol. The van der Waals surface area contributed by atoms with Gasteiger partial charge in [0.05, 0.1) is 5.02 Å². The van der Waals surface area contributed by atoms with E-state index in [1.54, 1.807) is 6.07 Å². The van der Waals surface area contributed by atoms with Crippen LogP contribution in [0.4, 0.5) is 4.39 Å². The molecular weight excluding hydrogens is 329 g/mol. The molecule has 1 N–H and O–H groups in total. The molecule has 1 rings (SSSR count). The van der Waals surface area contributed by atoms with E-state index in [9.17, 15) is 4.39 Å². The first kappa shape index (κ1) is 16.9. The van der Waals surface area contributed by atoms with E-state index < -0.39 is 0 Å². The van der Waals surface area contributed by atoms with Crippen LogP contribution in [-0.4, -0.2) is 7.05 Å². The number of halogens is 3. The predicted molar refractivity (Wildman–Crippen MR) is 84.2 cm³/mol. The molecule has 19 heavy (non-hydrogen) atoms. The van der Waals surface area contributed by atoms with Crippen molar-refractivity contribution in [2.75, 3.05) is 7.05 Å². The lowest BCUT2D eigenvalue weighted by molar-refractivity contribution is 0.323. The number of hydrogen-bond donors (Lipinski definition) is 1. The summed E-state index contributed by atoms with van der Waals surface area (Å²) < 4.78 is 14.8. The third kappa shape index (κ3) is 4.44. The van der Waals surface area contributed by atoms with Crippen LogP contribution < -0.4 is 5.32 Å². The van der Waals surface area contributed by atoms with Crippen molar-refractivity contribution in [2.45, 2.75) is 45.6 Å². The van der Waals surface area contributed by atoms with Gasteiger partial charge in [0.25, 0.3) is 0 Å². The fourth-order valence-electron chi connectivity index (χ4n) is 2.64. The summed E-state index contributed by atoms with van der Waals surface area (Å²) >= 11 is 9.36. The molecule has 0 amide bonds. The Bertz CT molecular complexity index is 405. The SMILES string of the molecule is CCCC(CCC)C(NC)c1cc(Cl)c(Br)cc1F. The van der Waals surface area contributed by atoms with Crippen molar-refractivity contribution in [1.82, 2.24) is 5.32 Å². The van der Waals surface area contributed by atoms with Crippen molar-refractivity contribution in [3.8, 4) is 0 Å². The molecule has 0 saturated carbocycles. The van der Waals surface area contributed by atoms with Crippen molar-refractivity contribution in [3.63, 3.8) is 0 Å². The molecule has 0 spiro atoms. The molecule has 0 aliphatic heterocycles.